The second-order valence-electron chi connectivity index (χ2n) is 4.52. The topological polar surface area (TPSA) is 38.7 Å². The fraction of sp³-hybridized carbons (Fsp3) is 0.571. The van der Waals surface area contributed by atoms with Crippen molar-refractivity contribution in [1.82, 2.24) is 0 Å². The molecule has 2 rings (SSSR count). The Morgan fingerprint density at radius 2 is 2.18 bits per heavy atom. The van der Waals surface area contributed by atoms with Gasteiger partial charge >= 0.3 is 0 Å². The van der Waals surface area contributed by atoms with Crippen molar-refractivity contribution >= 4 is 0 Å². The molecule has 0 aliphatic carbocycles. The van der Waals surface area contributed by atoms with Gasteiger partial charge in [0.25, 0.3) is 0 Å². The molecule has 1 heterocycles. The molecule has 1 aliphatic rings. The molecule has 0 spiro atoms. The van der Waals surface area contributed by atoms with E-state index in [2.05, 4.69) is 0 Å². The predicted octanol–water partition coefficient (Wildman–Crippen LogP) is 2.69. The van der Waals surface area contributed by atoms with Crippen LogP contribution in [0.15, 0.2) is 24.3 Å². The molecule has 1 fully saturated rings. The van der Waals surface area contributed by atoms with E-state index in [1.54, 1.807) is 6.92 Å². The number of hydrogen-bond acceptors (Lipinski definition) is 3. The summed E-state index contributed by atoms with van der Waals surface area (Å²) in [7, 11) is 0. The summed E-state index contributed by atoms with van der Waals surface area (Å²) >= 11 is 0. The molecule has 94 valence electrons. The quantitative estimate of drug-likeness (QED) is 0.854. The molecule has 0 aromatic heterocycles. The number of aliphatic hydroxyl groups is 1. The zero-order valence-electron chi connectivity index (χ0n) is 10.3. The van der Waals surface area contributed by atoms with Crippen molar-refractivity contribution < 1.29 is 14.6 Å². The van der Waals surface area contributed by atoms with Crippen LogP contribution in [0.5, 0.6) is 5.75 Å². The van der Waals surface area contributed by atoms with Gasteiger partial charge in [0.05, 0.1) is 18.8 Å². The van der Waals surface area contributed by atoms with Crippen molar-refractivity contribution in [3.63, 3.8) is 0 Å². The molecule has 2 atom stereocenters. The van der Waals surface area contributed by atoms with E-state index in [1.165, 1.54) is 6.42 Å². The van der Waals surface area contributed by atoms with E-state index in [9.17, 15) is 5.11 Å². The van der Waals surface area contributed by atoms with Crippen molar-refractivity contribution in [3.8, 4) is 5.75 Å². The van der Waals surface area contributed by atoms with Gasteiger partial charge in [0, 0.05) is 13.0 Å². The Morgan fingerprint density at radius 1 is 1.41 bits per heavy atom. The van der Waals surface area contributed by atoms with Crippen molar-refractivity contribution in [1.29, 1.82) is 0 Å². The molecule has 1 unspecified atom stereocenters. The Balaban J connectivity index is 1.74. The van der Waals surface area contributed by atoms with Crippen LogP contribution in [0, 0.1) is 0 Å². The van der Waals surface area contributed by atoms with Gasteiger partial charge in [-0.3, -0.25) is 0 Å². The van der Waals surface area contributed by atoms with Gasteiger partial charge in [-0.05, 0) is 37.5 Å². The van der Waals surface area contributed by atoms with Crippen LogP contribution in [0.4, 0.5) is 0 Å². The van der Waals surface area contributed by atoms with Gasteiger partial charge in [-0.2, -0.15) is 0 Å². The van der Waals surface area contributed by atoms with Crippen molar-refractivity contribution in [2.45, 2.75) is 38.4 Å². The second kappa shape index (κ2) is 6.03. The van der Waals surface area contributed by atoms with E-state index in [-0.39, 0.29) is 0 Å². The minimum absolute atomic E-state index is 0.381. The van der Waals surface area contributed by atoms with Crippen LogP contribution in [-0.2, 0) is 4.74 Å². The summed E-state index contributed by atoms with van der Waals surface area (Å²) in [5, 5.41) is 9.38. The summed E-state index contributed by atoms with van der Waals surface area (Å²) in [5.41, 5.74) is 0.913. The number of rotatable bonds is 5. The van der Waals surface area contributed by atoms with E-state index >= 15 is 0 Å². The molecule has 3 heteroatoms. The average molecular weight is 236 g/mol. The maximum absolute atomic E-state index is 9.38. The van der Waals surface area contributed by atoms with E-state index < -0.39 is 6.10 Å². The monoisotopic (exact) mass is 236 g/mol. The second-order valence-corrected chi connectivity index (χ2v) is 4.52. The summed E-state index contributed by atoms with van der Waals surface area (Å²) in [4.78, 5) is 0. The van der Waals surface area contributed by atoms with Crippen molar-refractivity contribution in [2.75, 3.05) is 13.2 Å². The Morgan fingerprint density at radius 3 is 2.76 bits per heavy atom. The maximum atomic E-state index is 9.38. The van der Waals surface area contributed by atoms with Gasteiger partial charge in [-0.1, -0.05) is 12.1 Å². The number of benzene rings is 1. The minimum Gasteiger partial charge on any atom is -0.493 e. The lowest BCUT2D eigenvalue weighted by atomic mass is 10.1. The number of aliphatic hydroxyl groups excluding tert-OH is 1. The lowest BCUT2D eigenvalue weighted by Gasteiger charge is -2.11. The molecule has 1 aliphatic heterocycles. The van der Waals surface area contributed by atoms with Gasteiger partial charge < -0.3 is 14.6 Å². The van der Waals surface area contributed by atoms with Gasteiger partial charge in [-0.15, -0.1) is 0 Å². The van der Waals surface area contributed by atoms with Crippen LogP contribution in [0.3, 0.4) is 0 Å². The smallest absolute Gasteiger partial charge is 0.119 e. The first-order chi connectivity index (χ1) is 8.25. The Bertz CT molecular complexity index is 326. The molecule has 0 amide bonds. The van der Waals surface area contributed by atoms with E-state index in [1.807, 2.05) is 24.3 Å². The summed E-state index contributed by atoms with van der Waals surface area (Å²) in [6.07, 6.45) is 3.25. The van der Waals surface area contributed by atoms with Gasteiger partial charge in [-0.25, -0.2) is 0 Å². The molecule has 1 N–H and O–H groups in total. The summed E-state index contributed by atoms with van der Waals surface area (Å²) < 4.78 is 11.2. The third-order valence-corrected chi connectivity index (χ3v) is 3.10. The largest absolute Gasteiger partial charge is 0.493 e. The highest BCUT2D eigenvalue weighted by Gasteiger charge is 2.14. The van der Waals surface area contributed by atoms with E-state index in [0.717, 1.165) is 30.8 Å². The fourth-order valence-corrected chi connectivity index (χ4v) is 2.02. The third-order valence-electron chi connectivity index (χ3n) is 3.10. The van der Waals surface area contributed by atoms with Crippen LogP contribution in [0.1, 0.15) is 37.9 Å². The Labute approximate surface area is 102 Å². The maximum Gasteiger partial charge on any atom is 0.119 e. The Kier molecular flexibility index (Phi) is 4.40. The van der Waals surface area contributed by atoms with Gasteiger partial charge in [0.1, 0.15) is 5.75 Å². The highest BCUT2D eigenvalue weighted by atomic mass is 16.5. The molecule has 3 nitrogen and oxygen atoms in total. The normalized spacial score (nSPS) is 21.4. The lowest BCUT2D eigenvalue weighted by Crippen LogP contribution is -2.10. The first-order valence-electron chi connectivity index (χ1n) is 6.28. The summed E-state index contributed by atoms with van der Waals surface area (Å²) in [5.74, 6) is 0.854. The molecule has 1 saturated heterocycles. The fourth-order valence-electron chi connectivity index (χ4n) is 2.02. The molecule has 0 radical (unpaired) electrons. The molecule has 17 heavy (non-hydrogen) atoms. The van der Waals surface area contributed by atoms with Crippen LogP contribution in [-0.4, -0.2) is 24.4 Å². The highest BCUT2D eigenvalue weighted by Crippen LogP contribution is 2.19. The molecule has 0 saturated carbocycles. The Hall–Kier alpha value is -1.06. The van der Waals surface area contributed by atoms with Crippen LogP contribution < -0.4 is 4.74 Å². The number of ether oxygens (including phenoxy) is 2. The molecular formula is C14H20O3. The predicted molar refractivity (Wildman–Crippen MR) is 66.2 cm³/mol. The SMILES string of the molecule is C[C@@H](O)c1ccc(OCCC2CCCO2)cc1. The highest BCUT2D eigenvalue weighted by molar-refractivity contribution is 5.28. The zero-order chi connectivity index (χ0) is 12.1. The summed E-state index contributed by atoms with van der Waals surface area (Å²) in [6.45, 7) is 3.35. The number of hydrogen-bond donors (Lipinski definition) is 1. The van der Waals surface area contributed by atoms with Crippen LogP contribution >= 0.6 is 0 Å². The van der Waals surface area contributed by atoms with Crippen LogP contribution in [0.25, 0.3) is 0 Å². The van der Waals surface area contributed by atoms with Gasteiger partial charge in [0.15, 0.2) is 0 Å². The van der Waals surface area contributed by atoms with E-state index in [4.69, 9.17) is 9.47 Å². The van der Waals surface area contributed by atoms with E-state index in [0.29, 0.717) is 12.7 Å². The average Bonchev–Trinajstić information content (AvgIpc) is 2.83. The standard InChI is InChI=1S/C14H20O3/c1-11(15)12-4-6-14(7-5-12)17-10-8-13-3-2-9-16-13/h4-7,11,13,15H,2-3,8-10H2,1H3/t11-,13?/m1/s1. The molecule has 1 aromatic rings. The summed E-state index contributed by atoms with van der Waals surface area (Å²) in [6, 6.07) is 7.59. The first kappa shape index (κ1) is 12.4. The van der Waals surface area contributed by atoms with Gasteiger partial charge in [0.2, 0.25) is 0 Å². The lowest BCUT2D eigenvalue weighted by molar-refractivity contribution is 0.0903. The first-order valence-corrected chi connectivity index (χ1v) is 6.28. The third kappa shape index (κ3) is 3.72. The molecular weight excluding hydrogens is 216 g/mol. The zero-order valence-corrected chi connectivity index (χ0v) is 10.3. The molecule has 1 aromatic carbocycles. The van der Waals surface area contributed by atoms with Crippen LogP contribution in [0.2, 0.25) is 0 Å². The minimum atomic E-state index is -0.420. The van der Waals surface area contributed by atoms with Crippen molar-refractivity contribution in [3.05, 3.63) is 29.8 Å². The molecule has 0 bridgehead atoms. The van der Waals surface area contributed by atoms with Crippen molar-refractivity contribution in [2.24, 2.45) is 0 Å².